The maximum absolute atomic E-state index is 13.1. The number of aromatic nitrogens is 1. The zero-order valence-corrected chi connectivity index (χ0v) is 8.68. The molecule has 0 bridgehead atoms. The van der Waals surface area contributed by atoms with Gasteiger partial charge in [-0.2, -0.15) is 30.7 Å². The number of hydrogen-bond acceptors (Lipinski definition) is 2. The second-order valence-corrected chi connectivity index (χ2v) is 3.36. The lowest BCUT2D eigenvalue weighted by Crippen LogP contribution is -2.50. The van der Waals surface area contributed by atoms with E-state index >= 15 is 0 Å². The van der Waals surface area contributed by atoms with Crippen molar-refractivity contribution < 1.29 is 40.6 Å². The van der Waals surface area contributed by atoms with E-state index in [1.165, 1.54) is 0 Å². The monoisotopic (exact) mass is 291 g/mol. The van der Waals surface area contributed by atoms with Gasteiger partial charge >= 0.3 is 24.0 Å². The second-order valence-electron chi connectivity index (χ2n) is 3.36. The number of alkyl halides is 7. The van der Waals surface area contributed by atoms with Crippen molar-refractivity contribution in [3.05, 3.63) is 29.6 Å². The van der Waals surface area contributed by atoms with Crippen LogP contribution in [0.4, 0.5) is 30.7 Å². The lowest BCUT2D eigenvalue weighted by Gasteiger charge is -2.27. The molecule has 0 amide bonds. The molecule has 0 atom stereocenters. The SMILES string of the molecule is O=C(O)c1cccc(C(F)(F)C(F)(F)C(F)(F)F)n1. The van der Waals surface area contributed by atoms with Crippen LogP contribution in [0.3, 0.4) is 0 Å². The highest BCUT2D eigenvalue weighted by Gasteiger charge is 2.74. The highest BCUT2D eigenvalue weighted by Crippen LogP contribution is 2.51. The average molecular weight is 291 g/mol. The van der Waals surface area contributed by atoms with Gasteiger partial charge in [-0.1, -0.05) is 6.07 Å². The van der Waals surface area contributed by atoms with Crippen molar-refractivity contribution in [3.8, 4) is 0 Å². The molecule has 1 aromatic rings. The zero-order chi connectivity index (χ0) is 15.1. The smallest absolute Gasteiger partial charge is 0.460 e. The largest absolute Gasteiger partial charge is 0.477 e. The Balaban J connectivity index is 3.35. The summed E-state index contributed by atoms with van der Waals surface area (Å²) in [5, 5.41) is 8.42. The summed E-state index contributed by atoms with van der Waals surface area (Å²) in [7, 11) is 0. The maximum Gasteiger partial charge on any atom is 0.460 e. The summed E-state index contributed by atoms with van der Waals surface area (Å²) < 4.78 is 87.3. The zero-order valence-electron chi connectivity index (χ0n) is 8.68. The van der Waals surface area contributed by atoms with Crippen LogP contribution < -0.4 is 0 Å². The number of halogens is 7. The van der Waals surface area contributed by atoms with E-state index < -0.39 is 35.4 Å². The Bertz CT molecular complexity index is 498. The number of carboxylic acid groups (broad SMARTS) is 1. The molecule has 0 aromatic carbocycles. The minimum absolute atomic E-state index is 0.187. The molecule has 1 rings (SSSR count). The van der Waals surface area contributed by atoms with Crippen LogP contribution in [-0.4, -0.2) is 28.2 Å². The molecule has 1 aromatic heterocycles. The molecule has 10 heteroatoms. The Kier molecular flexibility index (Phi) is 3.48. The van der Waals surface area contributed by atoms with Crippen molar-refractivity contribution in [2.45, 2.75) is 18.0 Å². The van der Waals surface area contributed by atoms with Crippen LogP contribution in [-0.2, 0) is 5.92 Å². The number of pyridine rings is 1. The molecule has 0 aliphatic carbocycles. The Morgan fingerprint density at radius 3 is 2.00 bits per heavy atom. The van der Waals surface area contributed by atoms with Crippen LogP contribution in [0.2, 0.25) is 0 Å². The van der Waals surface area contributed by atoms with Crippen molar-refractivity contribution in [1.82, 2.24) is 4.98 Å². The first-order chi connectivity index (χ1) is 8.41. The number of nitrogens with zero attached hydrogens (tertiary/aromatic N) is 1. The van der Waals surface area contributed by atoms with Gasteiger partial charge in [0.25, 0.3) is 0 Å². The number of aromatic carboxylic acids is 1. The predicted molar refractivity (Wildman–Crippen MR) is 46.1 cm³/mol. The summed E-state index contributed by atoms with van der Waals surface area (Å²) in [6, 6.07) is 1.45. The molecule has 19 heavy (non-hydrogen) atoms. The van der Waals surface area contributed by atoms with Gasteiger partial charge in [-0.25, -0.2) is 9.78 Å². The lowest BCUT2D eigenvalue weighted by molar-refractivity contribution is -0.360. The number of rotatable bonds is 3. The third kappa shape index (κ3) is 2.47. The minimum atomic E-state index is -6.50. The van der Waals surface area contributed by atoms with Gasteiger partial charge in [-0.3, -0.25) is 0 Å². The molecule has 1 N–H and O–H groups in total. The van der Waals surface area contributed by atoms with Crippen molar-refractivity contribution in [1.29, 1.82) is 0 Å². The van der Waals surface area contributed by atoms with E-state index in [1.807, 2.05) is 0 Å². The van der Waals surface area contributed by atoms with Gasteiger partial charge < -0.3 is 5.11 Å². The first-order valence-corrected chi connectivity index (χ1v) is 4.44. The summed E-state index contributed by atoms with van der Waals surface area (Å²) in [6.45, 7) is 0. The van der Waals surface area contributed by atoms with Crippen LogP contribution in [0.1, 0.15) is 16.2 Å². The van der Waals surface area contributed by atoms with Gasteiger partial charge in [0.1, 0.15) is 11.4 Å². The van der Waals surface area contributed by atoms with Crippen LogP contribution in [0.5, 0.6) is 0 Å². The number of carbonyl (C=O) groups is 1. The Morgan fingerprint density at radius 1 is 1.05 bits per heavy atom. The number of carboxylic acids is 1. The first kappa shape index (κ1) is 15.2. The highest BCUT2D eigenvalue weighted by atomic mass is 19.4. The third-order valence-electron chi connectivity index (χ3n) is 2.04. The van der Waals surface area contributed by atoms with Crippen molar-refractivity contribution in [2.24, 2.45) is 0 Å². The van der Waals surface area contributed by atoms with Crippen molar-refractivity contribution >= 4 is 5.97 Å². The van der Waals surface area contributed by atoms with Crippen molar-refractivity contribution in [2.75, 3.05) is 0 Å². The highest BCUT2D eigenvalue weighted by molar-refractivity contribution is 5.85. The second kappa shape index (κ2) is 4.35. The van der Waals surface area contributed by atoms with E-state index in [0.29, 0.717) is 12.1 Å². The summed E-state index contributed by atoms with van der Waals surface area (Å²) in [6.07, 6.45) is -6.50. The summed E-state index contributed by atoms with van der Waals surface area (Å²) >= 11 is 0. The fourth-order valence-corrected chi connectivity index (χ4v) is 1.07. The van der Waals surface area contributed by atoms with Gasteiger partial charge in [0, 0.05) is 0 Å². The Hall–Kier alpha value is -1.87. The van der Waals surface area contributed by atoms with E-state index in [4.69, 9.17) is 5.11 Å². The van der Waals surface area contributed by atoms with E-state index in [0.717, 1.165) is 0 Å². The fraction of sp³-hybridized carbons (Fsp3) is 0.333. The fourth-order valence-electron chi connectivity index (χ4n) is 1.07. The molecule has 0 fully saturated rings. The molecule has 0 saturated carbocycles. The van der Waals surface area contributed by atoms with Gasteiger partial charge in [0.2, 0.25) is 0 Å². The quantitative estimate of drug-likeness (QED) is 0.871. The standard InChI is InChI=1S/C9H4F7NO2/c10-7(11,8(12,13)9(14,15)16)5-3-1-2-4(17-5)6(18)19/h1-3H,(H,18,19). The predicted octanol–water partition coefficient (Wildman–Crippen LogP) is 3.07. The average Bonchev–Trinajstić information content (AvgIpc) is 2.27. The normalized spacial score (nSPS) is 13.4. The Morgan fingerprint density at radius 2 is 1.58 bits per heavy atom. The molecular formula is C9H4F7NO2. The van der Waals surface area contributed by atoms with Gasteiger partial charge in [-0.15, -0.1) is 0 Å². The van der Waals surface area contributed by atoms with Gasteiger partial charge in [0.15, 0.2) is 0 Å². The molecule has 1 heterocycles. The van der Waals surface area contributed by atoms with Crippen LogP contribution >= 0.6 is 0 Å². The number of hydrogen-bond donors (Lipinski definition) is 1. The molecule has 0 aliphatic heterocycles. The summed E-state index contributed by atoms with van der Waals surface area (Å²) in [4.78, 5) is 13.0. The first-order valence-electron chi connectivity index (χ1n) is 4.44. The van der Waals surface area contributed by atoms with Crippen LogP contribution in [0.25, 0.3) is 0 Å². The van der Waals surface area contributed by atoms with Crippen molar-refractivity contribution in [3.63, 3.8) is 0 Å². The lowest BCUT2D eigenvalue weighted by atomic mass is 10.1. The van der Waals surface area contributed by atoms with Gasteiger partial charge in [0.05, 0.1) is 0 Å². The molecule has 3 nitrogen and oxygen atoms in total. The summed E-state index contributed by atoms with van der Waals surface area (Å²) in [5.41, 5.74) is -3.05. The van der Waals surface area contributed by atoms with Crippen LogP contribution in [0.15, 0.2) is 18.2 Å². The van der Waals surface area contributed by atoms with E-state index in [1.54, 1.807) is 0 Å². The van der Waals surface area contributed by atoms with E-state index in [-0.39, 0.29) is 6.07 Å². The molecule has 0 aliphatic rings. The topological polar surface area (TPSA) is 50.2 Å². The van der Waals surface area contributed by atoms with Crippen LogP contribution in [0, 0.1) is 0 Å². The van der Waals surface area contributed by atoms with E-state index in [9.17, 15) is 35.5 Å². The Labute approximate surface area is 100 Å². The van der Waals surface area contributed by atoms with E-state index in [2.05, 4.69) is 4.98 Å². The molecular weight excluding hydrogens is 287 g/mol. The molecule has 0 saturated heterocycles. The molecule has 0 unspecified atom stereocenters. The third-order valence-corrected chi connectivity index (χ3v) is 2.04. The molecule has 106 valence electrons. The minimum Gasteiger partial charge on any atom is -0.477 e. The molecule has 0 radical (unpaired) electrons. The summed E-state index contributed by atoms with van der Waals surface area (Å²) in [5.74, 6) is -13.9. The van der Waals surface area contributed by atoms with Gasteiger partial charge in [-0.05, 0) is 12.1 Å². The molecule has 0 spiro atoms. The maximum atomic E-state index is 13.1.